The van der Waals surface area contributed by atoms with E-state index in [4.69, 9.17) is 585 Å². The second-order valence-electron chi connectivity index (χ2n) is 3.00. The average molecular weight is 2150 g/mol. The summed E-state index contributed by atoms with van der Waals surface area (Å²) < 4.78 is 0. The number of aliphatic hydroxyl groups is 1. The molecule has 77 heavy (non-hydrogen) atoms. The topological polar surface area (TPSA) is 20.2 Å². The molecule has 0 bridgehead atoms. The molecule has 0 atom stereocenters. The smallest absolute Gasteiger partial charge is 0.130 e. The van der Waals surface area contributed by atoms with Crippen LogP contribution in [-0.2, 0) is 0 Å². The third kappa shape index (κ3) is 2610. The Morgan fingerprint density at radius 1 is 0.130 bits per heavy atom. The highest BCUT2D eigenvalue weighted by molar-refractivity contribution is 6.47. The van der Waals surface area contributed by atoms with Gasteiger partial charge in [0, 0.05) is 0 Å². The van der Waals surface area contributed by atoms with Crippen LogP contribution in [0.15, 0.2) is 0 Å². The van der Waals surface area contributed by atoms with Gasteiger partial charge in [0.25, 0.3) is 0 Å². The lowest BCUT2D eigenvalue weighted by Gasteiger charge is -1.84. The fourth-order valence-corrected chi connectivity index (χ4v) is 0. The Balaban J connectivity index is -0.0000000159. The first kappa shape index (κ1) is 169. The van der Waals surface area contributed by atoms with E-state index in [-0.39, 0.29) is 135 Å². The molecule has 0 unspecified atom stereocenters. The molecule has 0 aliphatic rings. The molecule has 0 aromatic heterocycles. The Morgan fingerprint density at radius 3 is 0.143 bits per heavy atom. The maximum absolute atomic E-state index is 7.88. The third-order valence-electron chi connectivity index (χ3n) is 0.138. The quantitative estimate of drug-likeness (QED) is 0.260. The molecule has 0 aliphatic carbocycles. The van der Waals surface area contributed by atoms with Crippen LogP contribution >= 0.6 is 580 Å². The van der Waals surface area contributed by atoms with E-state index < -0.39 is 4.84 Å². The molecule has 0 saturated heterocycles. The van der Waals surface area contributed by atoms with E-state index in [1.54, 1.807) is 0 Å². The molecule has 0 fully saturated rings. The van der Waals surface area contributed by atoms with Gasteiger partial charge in [-0.2, -0.15) is 0 Å². The molecule has 1 nitrogen and oxygen atoms in total. The lowest BCUT2D eigenvalue weighted by Crippen LogP contribution is -1.90. The standard InChI is InChI=1S/C2H4Cl2O.24CH2Cl2/c3-2(4)1-5;24*2-1-3/h2,5H,1H2;24*1H2. The van der Waals surface area contributed by atoms with Gasteiger partial charge in [-0.15, -0.1) is 580 Å². The first-order valence-electron chi connectivity index (χ1n) is 14.0. The summed E-state index contributed by atoms with van der Waals surface area (Å²) in [5.74, 6) is 0. The predicted octanol–water partition coefficient (Wildman–Crippen LogP) is 34.9. The first-order chi connectivity index (χ1) is 36.2. The second kappa shape index (κ2) is 402. The van der Waals surface area contributed by atoms with Gasteiger partial charge in [0.15, 0.2) is 0 Å². The van der Waals surface area contributed by atoms with Crippen LogP contribution in [0.2, 0.25) is 0 Å². The third-order valence-corrected chi connectivity index (χ3v) is 0.414. The number of hydrogen-bond donors (Lipinski definition) is 1. The highest BCUT2D eigenvalue weighted by Crippen LogP contribution is 1.96. The van der Waals surface area contributed by atoms with Gasteiger partial charge in [0.2, 0.25) is 0 Å². The lowest BCUT2D eigenvalue weighted by atomic mass is 10.9. The van der Waals surface area contributed by atoms with Crippen molar-refractivity contribution in [2.75, 3.05) is 135 Å². The molecule has 0 radical (unpaired) electrons. The lowest BCUT2D eigenvalue weighted by molar-refractivity contribution is 0.313. The van der Waals surface area contributed by atoms with Gasteiger partial charge in [0.1, 0.15) is 4.84 Å². The molecule has 512 valence electrons. The van der Waals surface area contributed by atoms with Crippen molar-refractivity contribution in [3.63, 3.8) is 0 Å². The molecular formula is C26H52Cl50O. The number of aliphatic hydroxyl groups excluding tert-OH is 1. The predicted molar refractivity (Wildman–Crippen MR) is 420 cm³/mol. The van der Waals surface area contributed by atoms with Crippen molar-refractivity contribution in [2.24, 2.45) is 0 Å². The Labute approximate surface area is 712 Å². The van der Waals surface area contributed by atoms with Crippen molar-refractivity contribution in [1.82, 2.24) is 0 Å². The highest BCUT2D eigenvalue weighted by Gasteiger charge is 1.88. The van der Waals surface area contributed by atoms with Crippen molar-refractivity contribution in [3.05, 3.63) is 0 Å². The number of alkyl halides is 50. The molecule has 1 N–H and O–H groups in total. The SMILES string of the molecule is ClCCl.ClCCl.ClCCl.ClCCl.ClCCl.ClCCl.ClCCl.ClCCl.ClCCl.ClCCl.ClCCl.ClCCl.ClCCl.ClCCl.ClCCl.ClCCl.ClCCl.ClCCl.ClCCl.ClCCl.ClCCl.ClCCl.ClCCl.ClCCl.OCC(Cl)Cl. The van der Waals surface area contributed by atoms with Crippen LogP contribution in [0.1, 0.15) is 0 Å². The summed E-state index contributed by atoms with van der Waals surface area (Å²) in [6, 6.07) is 0. The van der Waals surface area contributed by atoms with Crippen molar-refractivity contribution < 1.29 is 5.11 Å². The van der Waals surface area contributed by atoms with E-state index >= 15 is 0 Å². The van der Waals surface area contributed by atoms with Gasteiger partial charge in [-0.05, 0) is 0 Å². The van der Waals surface area contributed by atoms with Gasteiger partial charge in [-0.1, -0.05) is 0 Å². The van der Waals surface area contributed by atoms with E-state index in [1.807, 2.05) is 0 Å². The van der Waals surface area contributed by atoms with Crippen LogP contribution < -0.4 is 0 Å². The van der Waals surface area contributed by atoms with E-state index in [0.717, 1.165) is 0 Å². The van der Waals surface area contributed by atoms with Gasteiger partial charge in [-0.25, -0.2) is 0 Å². The fourth-order valence-electron chi connectivity index (χ4n) is 0. The molecule has 0 spiro atoms. The maximum Gasteiger partial charge on any atom is 0.130 e. The van der Waals surface area contributed by atoms with E-state index in [1.165, 1.54) is 0 Å². The molecule has 0 saturated carbocycles. The normalized spacial score (nSPS) is 6.23. The summed E-state index contributed by atoms with van der Waals surface area (Å²) in [4.78, 5) is -0.616. The molecular weight excluding hydrogens is 2100 g/mol. The fraction of sp³-hybridized carbons (Fsp3) is 1.00. The van der Waals surface area contributed by atoms with E-state index in [2.05, 4.69) is 0 Å². The Bertz CT molecular complexity index is 235. The average Bonchev–Trinajstić information content (AvgIpc) is 3.31. The molecule has 51 heteroatoms. The minimum Gasteiger partial charge on any atom is -0.394 e. The summed E-state index contributed by atoms with van der Waals surface area (Å²) in [6.45, 7) is -0.164. The maximum atomic E-state index is 7.88. The monoisotopic (exact) mass is 2130 g/mol. The number of hydrogen-bond acceptors (Lipinski definition) is 1. The van der Waals surface area contributed by atoms with Gasteiger partial charge in [0.05, 0.1) is 135 Å². The van der Waals surface area contributed by atoms with Crippen LogP contribution in [0, 0.1) is 0 Å². The zero-order valence-corrected chi connectivity index (χ0v) is 75.4. The highest BCUT2D eigenvalue weighted by atomic mass is 35.6. The molecule has 0 aromatic rings. The largest absolute Gasteiger partial charge is 0.394 e. The van der Waals surface area contributed by atoms with E-state index in [0.29, 0.717) is 0 Å². The summed E-state index contributed by atoms with van der Waals surface area (Å²) in [7, 11) is 0. The molecule has 0 amide bonds. The molecule has 0 aliphatic heterocycles. The Kier molecular flexibility index (Phi) is 884. The van der Waals surface area contributed by atoms with Crippen LogP contribution in [0.5, 0.6) is 0 Å². The second-order valence-corrected chi connectivity index (χ2v) is 23.7. The zero-order valence-electron chi connectivity index (χ0n) is 37.6. The summed E-state index contributed by atoms with van der Waals surface area (Å²) in [5, 5.41) is 12.5. The van der Waals surface area contributed by atoms with Crippen LogP contribution in [0.25, 0.3) is 0 Å². The molecule has 0 heterocycles. The van der Waals surface area contributed by atoms with Gasteiger partial charge in [-0.3, -0.25) is 0 Å². The Hall–Kier alpha value is 14.5. The first-order valence-corrected chi connectivity index (χ1v) is 40.5. The number of halogens is 50. The Morgan fingerprint density at radius 2 is 0.143 bits per heavy atom. The van der Waals surface area contributed by atoms with Crippen LogP contribution in [0.3, 0.4) is 0 Å². The van der Waals surface area contributed by atoms with Crippen molar-refractivity contribution in [1.29, 1.82) is 0 Å². The molecule has 0 rings (SSSR count). The van der Waals surface area contributed by atoms with Gasteiger partial charge >= 0.3 is 0 Å². The molecule has 0 aromatic carbocycles. The summed E-state index contributed by atoms with van der Waals surface area (Å²) in [6.07, 6.45) is 0. The van der Waals surface area contributed by atoms with Crippen molar-refractivity contribution in [3.8, 4) is 0 Å². The minimum absolute atomic E-state index is 0.164. The minimum atomic E-state index is -0.616. The van der Waals surface area contributed by atoms with Crippen molar-refractivity contribution >= 4 is 580 Å². The number of rotatable bonds is 1. The van der Waals surface area contributed by atoms with Crippen LogP contribution in [0.4, 0.5) is 0 Å². The van der Waals surface area contributed by atoms with Gasteiger partial charge < -0.3 is 5.11 Å². The summed E-state index contributed by atoms with van der Waals surface area (Å²) in [5.41, 5.74) is 0. The van der Waals surface area contributed by atoms with E-state index in [9.17, 15) is 0 Å². The summed E-state index contributed by atoms with van der Waals surface area (Å²) >= 11 is 239. The van der Waals surface area contributed by atoms with Crippen molar-refractivity contribution in [2.45, 2.75) is 4.84 Å². The van der Waals surface area contributed by atoms with Crippen LogP contribution in [-0.4, -0.2) is 145 Å². The zero-order chi connectivity index (χ0) is 69.3.